The summed E-state index contributed by atoms with van der Waals surface area (Å²) in [7, 11) is -4.30. The summed E-state index contributed by atoms with van der Waals surface area (Å²) < 4.78 is 33.0. The summed E-state index contributed by atoms with van der Waals surface area (Å²) in [6.07, 6.45) is 0.578. The molecule has 166 valence electrons. The second-order valence-corrected chi connectivity index (χ2v) is 9.94. The monoisotopic (exact) mass is 487 g/mol. The molecule has 0 amide bonds. The summed E-state index contributed by atoms with van der Waals surface area (Å²) in [6.45, 7) is 0.413. The molecule has 32 heavy (non-hydrogen) atoms. The third-order valence-corrected chi connectivity index (χ3v) is 6.95. The second kappa shape index (κ2) is 10.3. The standard InChI is InChI=1S/C22H21N3O4S3/c26-32(27,28)25-18-10-8-16(9-11-18)13-19(24-29-14-17-5-2-1-3-6-17)20-15-31-22(23-20)21-7-4-12-30-21/h1-12,15,19,24-25H,13-14H2,(H,26,27,28). The maximum Gasteiger partial charge on any atom is 0.357 e. The minimum atomic E-state index is -4.30. The van der Waals surface area contributed by atoms with Gasteiger partial charge in [-0.1, -0.05) is 48.5 Å². The topological polar surface area (TPSA) is 101 Å². The Bertz CT molecular complexity index is 1230. The highest BCUT2D eigenvalue weighted by Crippen LogP contribution is 2.30. The van der Waals surface area contributed by atoms with Gasteiger partial charge in [0.05, 0.1) is 28.9 Å². The van der Waals surface area contributed by atoms with Crippen molar-refractivity contribution in [2.24, 2.45) is 0 Å². The first-order valence-electron chi connectivity index (χ1n) is 9.71. The maximum atomic E-state index is 11.0. The van der Waals surface area contributed by atoms with Crippen LogP contribution in [0.3, 0.4) is 0 Å². The van der Waals surface area contributed by atoms with E-state index in [-0.39, 0.29) is 11.7 Å². The Balaban J connectivity index is 1.49. The zero-order valence-corrected chi connectivity index (χ0v) is 19.3. The number of hydroxylamine groups is 1. The fraction of sp³-hybridized carbons (Fsp3) is 0.136. The van der Waals surface area contributed by atoms with E-state index in [4.69, 9.17) is 14.4 Å². The zero-order valence-electron chi connectivity index (χ0n) is 16.8. The third-order valence-electron chi connectivity index (χ3n) is 4.56. The number of aromatic nitrogens is 1. The normalized spacial score (nSPS) is 12.5. The van der Waals surface area contributed by atoms with E-state index in [1.54, 1.807) is 46.9 Å². The van der Waals surface area contributed by atoms with Gasteiger partial charge in [0.15, 0.2) is 0 Å². The van der Waals surface area contributed by atoms with E-state index in [0.717, 1.165) is 26.7 Å². The van der Waals surface area contributed by atoms with Gasteiger partial charge in [-0.15, -0.1) is 22.7 Å². The summed E-state index contributed by atoms with van der Waals surface area (Å²) in [5.41, 5.74) is 6.30. The largest absolute Gasteiger partial charge is 0.357 e. The van der Waals surface area contributed by atoms with Crippen molar-refractivity contribution in [1.82, 2.24) is 10.5 Å². The van der Waals surface area contributed by atoms with E-state index in [1.807, 2.05) is 57.9 Å². The lowest BCUT2D eigenvalue weighted by molar-refractivity contribution is 0.00215. The highest BCUT2D eigenvalue weighted by molar-refractivity contribution is 7.87. The molecule has 0 spiro atoms. The van der Waals surface area contributed by atoms with Gasteiger partial charge in [-0.05, 0) is 41.1 Å². The average molecular weight is 488 g/mol. The van der Waals surface area contributed by atoms with Gasteiger partial charge in [-0.2, -0.15) is 13.9 Å². The first-order chi connectivity index (χ1) is 15.5. The van der Waals surface area contributed by atoms with Crippen molar-refractivity contribution in [2.45, 2.75) is 19.1 Å². The molecule has 0 saturated heterocycles. The molecule has 0 aliphatic heterocycles. The zero-order chi connectivity index (χ0) is 22.4. The van der Waals surface area contributed by atoms with Gasteiger partial charge in [0, 0.05) is 5.38 Å². The second-order valence-electron chi connectivity index (χ2n) is 6.98. The number of thiophene rings is 1. The van der Waals surface area contributed by atoms with E-state index in [0.29, 0.717) is 13.0 Å². The quantitative estimate of drug-likeness (QED) is 0.213. The summed E-state index contributed by atoms with van der Waals surface area (Å²) in [5, 5.41) is 5.00. The number of nitrogens with zero attached hydrogens (tertiary/aromatic N) is 1. The number of rotatable bonds is 10. The highest BCUT2D eigenvalue weighted by Gasteiger charge is 2.18. The Labute approximate surface area is 194 Å². The number of hydrogen-bond donors (Lipinski definition) is 3. The summed E-state index contributed by atoms with van der Waals surface area (Å²) in [6, 6.07) is 20.5. The molecule has 4 rings (SSSR count). The van der Waals surface area contributed by atoms with Gasteiger partial charge in [-0.3, -0.25) is 14.1 Å². The number of benzene rings is 2. The van der Waals surface area contributed by atoms with Gasteiger partial charge >= 0.3 is 10.3 Å². The van der Waals surface area contributed by atoms with Crippen LogP contribution in [0.5, 0.6) is 0 Å². The van der Waals surface area contributed by atoms with Crippen LogP contribution in [0, 0.1) is 0 Å². The van der Waals surface area contributed by atoms with Crippen LogP contribution in [0.25, 0.3) is 9.88 Å². The Morgan fingerprint density at radius 2 is 1.75 bits per heavy atom. The lowest BCUT2D eigenvalue weighted by Crippen LogP contribution is -2.24. The number of thiazole rings is 1. The van der Waals surface area contributed by atoms with Gasteiger partial charge in [0.25, 0.3) is 0 Å². The van der Waals surface area contributed by atoms with Crippen LogP contribution in [-0.2, 0) is 28.2 Å². The van der Waals surface area contributed by atoms with Crippen LogP contribution in [0.1, 0.15) is 22.9 Å². The molecule has 2 aromatic heterocycles. The fourth-order valence-electron chi connectivity index (χ4n) is 3.06. The molecule has 2 heterocycles. The lowest BCUT2D eigenvalue weighted by Gasteiger charge is -2.17. The predicted molar refractivity (Wildman–Crippen MR) is 128 cm³/mol. The van der Waals surface area contributed by atoms with Crippen LogP contribution in [0.2, 0.25) is 0 Å². The Morgan fingerprint density at radius 1 is 0.969 bits per heavy atom. The van der Waals surface area contributed by atoms with Crippen LogP contribution >= 0.6 is 22.7 Å². The van der Waals surface area contributed by atoms with Crippen molar-refractivity contribution >= 4 is 38.7 Å². The predicted octanol–water partition coefficient (Wildman–Crippen LogP) is 5.09. The van der Waals surface area contributed by atoms with Crippen LogP contribution < -0.4 is 10.2 Å². The molecule has 0 radical (unpaired) electrons. The third kappa shape index (κ3) is 6.45. The van der Waals surface area contributed by atoms with Crippen molar-refractivity contribution in [3.63, 3.8) is 0 Å². The van der Waals surface area contributed by atoms with E-state index in [1.165, 1.54) is 0 Å². The number of hydrogen-bond acceptors (Lipinski definition) is 7. The van der Waals surface area contributed by atoms with Crippen molar-refractivity contribution in [3.05, 3.63) is 94.3 Å². The number of anilines is 1. The smallest absolute Gasteiger partial charge is 0.296 e. The highest BCUT2D eigenvalue weighted by atomic mass is 32.2. The van der Waals surface area contributed by atoms with Crippen molar-refractivity contribution in [1.29, 1.82) is 0 Å². The number of nitrogens with one attached hydrogen (secondary N) is 2. The van der Waals surface area contributed by atoms with E-state index in [9.17, 15) is 8.42 Å². The molecule has 0 bridgehead atoms. The SMILES string of the molecule is O=S(=O)(O)Nc1ccc(CC(NOCc2ccccc2)c2csc(-c3cccs3)n2)cc1. The molecule has 0 aliphatic carbocycles. The summed E-state index contributed by atoms with van der Waals surface area (Å²) in [5.74, 6) is 0. The Kier molecular flexibility index (Phi) is 7.30. The maximum absolute atomic E-state index is 11.0. The molecule has 2 aromatic carbocycles. The molecule has 10 heteroatoms. The van der Waals surface area contributed by atoms with Gasteiger partial charge in [0.1, 0.15) is 5.01 Å². The van der Waals surface area contributed by atoms with Gasteiger partial charge in [-0.25, -0.2) is 4.98 Å². The van der Waals surface area contributed by atoms with Crippen molar-refractivity contribution < 1.29 is 17.8 Å². The van der Waals surface area contributed by atoms with Crippen LogP contribution in [-0.4, -0.2) is 18.0 Å². The molecular weight excluding hydrogens is 466 g/mol. The first kappa shape index (κ1) is 22.6. The Hall–Kier alpha value is -2.60. The van der Waals surface area contributed by atoms with Gasteiger partial charge < -0.3 is 0 Å². The van der Waals surface area contributed by atoms with Crippen molar-refractivity contribution in [3.8, 4) is 9.88 Å². The van der Waals surface area contributed by atoms with Crippen molar-refractivity contribution in [2.75, 3.05) is 4.72 Å². The molecule has 7 nitrogen and oxygen atoms in total. The molecule has 4 aromatic rings. The molecule has 0 saturated carbocycles. The summed E-state index contributed by atoms with van der Waals surface area (Å²) in [4.78, 5) is 11.7. The van der Waals surface area contributed by atoms with Crippen LogP contribution in [0.4, 0.5) is 5.69 Å². The summed E-state index contributed by atoms with van der Waals surface area (Å²) >= 11 is 3.23. The van der Waals surface area contributed by atoms with E-state index in [2.05, 4.69) is 5.48 Å². The van der Waals surface area contributed by atoms with E-state index < -0.39 is 10.3 Å². The lowest BCUT2D eigenvalue weighted by atomic mass is 10.0. The van der Waals surface area contributed by atoms with Gasteiger partial charge in [0.2, 0.25) is 0 Å². The fourth-order valence-corrected chi connectivity index (χ4v) is 5.18. The molecular formula is C22H21N3O4S3. The average Bonchev–Trinajstić information content (AvgIpc) is 3.46. The Morgan fingerprint density at radius 3 is 2.44 bits per heavy atom. The minimum Gasteiger partial charge on any atom is -0.296 e. The van der Waals surface area contributed by atoms with Crippen LogP contribution in [0.15, 0.2) is 77.5 Å². The first-order valence-corrected chi connectivity index (χ1v) is 12.9. The minimum absolute atomic E-state index is 0.205. The molecule has 1 atom stereocenters. The molecule has 1 unspecified atom stereocenters. The molecule has 0 fully saturated rings. The molecule has 3 N–H and O–H groups in total. The molecule has 0 aliphatic rings. The van der Waals surface area contributed by atoms with E-state index >= 15 is 0 Å².